The average molecular weight is 348 g/mol. The zero-order valence-electron chi connectivity index (χ0n) is 14.4. The maximum Gasteiger partial charge on any atom is 0.271 e. The Labute approximate surface area is 145 Å². The molecular weight excluding hydrogens is 326 g/mol. The molecule has 1 aliphatic heterocycles. The second-order valence-electron chi connectivity index (χ2n) is 6.78. The minimum Gasteiger partial charge on any atom is -0.346 e. The van der Waals surface area contributed by atoms with Gasteiger partial charge in [-0.1, -0.05) is 19.9 Å². The SMILES string of the molecule is CC(C)CN1CCn2cc(C(=O)NCc3ccc(F)cc3F)nc2C1. The van der Waals surface area contributed by atoms with E-state index in [9.17, 15) is 13.6 Å². The highest BCUT2D eigenvalue weighted by Crippen LogP contribution is 2.15. The maximum absolute atomic E-state index is 13.6. The molecule has 0 unspecified atom stereocenters. The minimum absolute atomic E-state index is 0.00733. The van der Waals surface area contributed by atoms with Gasteiger partial charge in [0.05, 0.1) is 6.54 Å². The van der Waals surface area contributed by atoms with Crippen LogP contribution in [0.3, 0.4) is 0 Å². The Bertz CT molecular complexity index is 772. The highest BCUT2D eigenvalue weighted by molar-refractivity contribution is 5.92. The second-order valence-corrected chi connectivity index (χ2v) is 6.78. The number of rotatable bonds is 5. The third kappa shape index (κ3) is 4.22. The van der Waals surface area contributed by atoms with Crippen molar-refractivity contribution in [3.8, 4) is 0 Å². The molecule has 0 aliphatic carbocycles. The van der Waals surface area contributed by atoms with Crippen LogP contribution in [0, 0.1) is 17.6 Å². The van der Waals surface area contributed by atoms with Gasteiger partial charge in [0.2, 0.25) is 0 Å². The van der Waals surface area contributed by atoms with Gasteiger partial charge in [-0.15, -0.1) is 0 Å². The fourth-order valence-corrected chi connectivity index (χ4v) is 3.01. The van der Waals surface area contributed by atoms with Crippen LogP contribution in [-0.4, -0.2) is 33.4 Å². The first-order valence-electron chi connectivity index (χ1n) is 8.43. The normalized spacial score (nSPS) is 14.6. The summed E-state index contributed by atoms with van der Waals surface area (Å²) in [4.78, 5) is 19.0. The Morgan fingerprint density at radius 3 is 2.84 bits per heavy atom. The van der Waals surface area contributed by atoms with Gasteiger partial charge < -0.3 is 9.88 Å². The van der Waals surface area contributed by atoms with Crippen molar-refractivity contribution in [2.24, 2.45) is 5.92 Å². The Hall–Kier alpha value is -2.28. The summed E-state index contributed by atoms with van der Waals surface area (Å²) in [6, 6.07) is 3.30. The standard InChI is InChI=1S/C18H22F2N4O/c1-12(2)9-23-5-6-24-10-16(22-17(24)11-23)18(25)21-8-13-3-4-14(19)7-15(13)20/h3-4,7,10,12H,5-6,8-9,11H2,1-2H3,(H,21,25). The molecule has 2 aromatic rings. The summed E-state index contributed by atoms with van der Waals surface area (Å²) in [6.45, 7) is 7.80. The van der Waals surface area contributed by atoms with Crippen molar-refractivity contribution < 1.29 is 13.6 Å². The van der Waals surface area contributed by atoms with E-state index >= 15 is 0 Å². The summed E-state index contributed by atoms with van der Waals surface area (Å²) >= 11 is 0. The van der Waals surface area contributed by atoms with Gasteiger partial charge in [0.15, 0.2) is 0 Å². The third-order valence-corrected chi connectivity index (χ3v) is 4.19. The summed E-state index contributed by atoms with van der Waals surface area (Å²) in [5, 5.41) is 2.64. The highest BCUT2D eigenvalue weighted by atomic mass is 19.1. The molecular formula is C18H22F2N4O. The quantitative estimate of drug-likeness (QED) is 0.903. The summed E-state index contributed by atoms with van der Waals surface area (Å²) in [5.41, 5.74) is 0.561. The molecule has 0 spiro atoms. The Balaban J connectivity index is 1.63. The van der Waals surface area contributed by atoms with Crippen molar-refractivity contribution >= 4 is 5.91 Å². The number of nitrogens with one attached hydrogen (secondary N) is 1. The number of carbonyl (C=O) groups is 1. The number of hydrogen-bond donors (Lipinski definition) is 1. The fraction of sp³-hybridized carbons (Fsp3) is 0.444. The highest BCUT2D eigenvalue weighted by Gasteiger charge is 2.21. The van der Waals surface area contributed by atoms with E-state index < -0.39 is 11.6 Å². The molecule has 7 heteroatoms. The predicted molar refractivity (Wildman–Crippen MR) is 89.9 cm³/mol. The van der Waals surface area contributed by atoms with Gasteiger partial charge in [-0.3, -0.25) is 9.69 Å². The van der Waals surface area contributed by atoms with E-state index in [-0.39, 0.29) is 18.0 Å². The summed E-state index contributed by atoms with van der Waals surface area (Å²) in [7, 11) is 0. The molecule has 0 saturated carbocycles. The maximum atomic E-state index is 13.6. The van der Waals surface area contributed by atoms with E-state index in [1.54, 1.807) is 6.20 Å². The number of imidazole rings is 1. The van der Waals surface area contributed by atoms with Gasteiger partial charge in [-0.2, -0.15) is 0 Å². The molecule has 1 aliphatic rings. The van der Waals surface area contributed by atoms with Gasteiger partial charge in [-0.05, 0) is 12.0 Å². The van der Waals surface area contributed by atoms with Crippen LogP contribution in [0.5, 0.6) is 0 Å². The molecule has 5 nitrogen and oxygen atoms in total. The lowest BCUT2D eigenvalue weighted by Crippen LogP contribution is -2.35. The third-order valence-electron chi connectivity index (χ3n) is 4.19. The predicted octanol–water partition coefficient (Wildman–Crippen LogP) is 2.56. The van der Waals surface area contributed by atoms with Crippen LogP contribution in [0.25, 0.3) is 0 Å². The van der Waals surface area contributed by atoms with Crippen molar-refractivity contribution in [1.82, 2.24) is 19.8 Å². The largest absolute Gasteiger partial charge is 0.346 e. The number of carbonyl (C=O) groups excluding carboxylic acids is 1. The molecule has 3 rings (SSSR count). The van der Waals surface area contributed by atoms with Crippen LogP contribution < -0.4 is 5.32 Å². The fourth-order valence-electron chi connectivity index (χ4n) is 3.01. The zero-order chi connectivity index (χ0) is 18.0. The molecule has 1 aromatic carbocycles. The van der Waals surface area contributed by atoms with E-state index in [4.69, 9.17) is 0 Å². The Morgan fingerprint density at radius 2 is 2.12 bits per heavy atom. The first-order chi connectivity index (χ1) is 11.9. The van der Waals surface area contributed by atoms with Crippen LogP contribution in [0.4, 0.5) is 8.78 Å². The Morgan fingerprint density at radius 1 is 1.32 bits per heavy atom. The molecule has 134 valence electrons. The van der Waals surface area contributed by atoms with Crippen LogP contribution >= 0.6 is 0 Å². The molecule has 0 radical (unpaired) electrons. The van der Waals surface area contributed by atoms with Crippen LogP contribution in [0.15, 0.2) is 24.4 Å². The monoisotopic (exact) mass is 348 g/mol. The lowest BCUT2D eigenvalue weighted by Gasteiger charge is -2.28. The van der Waals surface area contributed by atoms with E-state index in [2.05, 4.69) is 29.0 Å². The zero-order valence-corrected chi connectivity index (χ0v) is 14.4. The van der Waals surface area contributed by atoms with Crippen molar-refractivity contribution in [3.63, 3.8) is 0 Å². The first kappa shape index (κ1) is 17.5. The molecule has 1 N–H and O–H groups in total. The van der Waals surface area contributed by atoms with Gasteiger partial charge in [0.25, 0.3) is 5.91 Å². The van der Waals surface area contributed by atoms with E-state index in [1.165, 1.54) is 12.1 Å². The van der Waals surface area contributed by atoms with E-state index in [0.717, 1.165) is 38.1 Å². The van der Waals surface area contributed by atoms with Gasteiger partial charge in [-0.25, -0.2) is 13.8 Å². The van der Waals surface area contributed by atoms with Gasteiger partial charge in [0.1, 0.15) is 23.2 Å². The number of aromatic nitrogens is 2. The molecule has 0 atom stereocenters. The molecule has 0 bridgehead atoms. The number of benzene rings is 1. The van der Waals surface area contributed by atoms with Crippen molar-refractivity contribution in [2.75, 3.05) is 13.1 Å². The van der Waals surface area contributed by atoms with Crippen molar-refractivity contribution in [1.29, 1.82) is 0 Å². The van der Waals surface area contributed by atoms with Crippen LogP contribution in [-0.2, 0) is 19.6 Å². The van der Waals surface area contributed by atoms with Crippen LogP contribution in [0.2, 0.25) is 0 Å². The first-order valence-corrected chi connectivity index (χ1v) is 8.43. The number of amides is 1. The Kier molecular flexibility index (Phi) is 5.13. The molecule has 0 saturated heterocycles. The van der Waals surface area contributed by atoms with Crippen molar-refractivity contribution in [3.05, 3.63) is 53.1 Å². The van der Waals surface area contributed by atoms with Crippen LogP contribution in [0.1, 0.15) is 35.7 Å². The molecule has 1 amide bonds. The number of hydrogen-bond acceptors (Lipinski definition) is 3. The summed E-state index contributed by atoms with van der Waals surface area (Å²) in [6.07, 6.45) is 1.73. The molecule has 2 heterocycles. The molecule has 25 heavy (non-hydrogen) atoms. The minimum atomic E-state index is -0.672. The molecule has 0 fully saturated rings. The van der Waals surface area contributed by atoms with Gasteiger partial charge in [0, 0.05) is 44.0 Å². The summed E-state index contributed by atoms with van der Waals surface area (Å²) < 4.78 is 28.5. The smallest absolute Gasteiger partial charge is 0.271 e. The second kappa shape index (κ2) is 7.31. The van der Waals surface area contributed by atoms with Gasteiger partial charge >= 0.3 is 0 Å². The lowest BCUT2D eigenvalue weighted by atomic mass is 10.2. The number of fused-ring (bicyclic) bond motifs is 1. The lowest BCUT2D eigenvalue weighted by molar-refractivity contribution is 0.0946. The summed E-state index contributed by atoms with van der Waals surface area (Å²) in [5.74, 6) is -0.227. The topological polar surface area (TPSA) is 50.2 Å². The number of halogens is 2. The average Bonchev–Trinajstić information content (AvgIpc) is 2.96. The number of nitrogens with zero attached hydrogens (tertiary/aromatic N) is 3. The van der Waals surface area contributed by atoms with Crippen molar-refractivity contribution in [2.45, 2.75) is 33.5 Å². The van der Waals surface area contributed by atoms with E-state index in [0.29, 0.717) is 11.6 Å². The van der Waals surface area contributed by atoms with E-state index in [1.807, 2.05) is 4.57 Å². The molecule has 1 aromatic heterocycles.